The molecular weight excluding hydrogens is 460 g/mol. The van der Waals surface area contributed by atoms with E-state index in [0.717, 1.165) is 26.7 Å². The minimum atomic E-state index is -0.141. The van der Waals surface area contributed by atoms with Crippen LogP contribution in [0.3, 0.4) is 0 Å². The molecule has 1 unspecified atom stereocenters. The number of esters is 1. The molecule has 1 saturated carbocycles. The highest BCUT2D eigenvalue weighted by atomic mass is 79.9. The van der Waals surface area contributed by atoms with Crippen molar-refractivity contribution < 1.29 is 14.3 Å². The lowest BCUT2D eigenvalue weighted by Crippen LogP contribution is -2.11. The fourth-order valence-corrected chi connectivity index (χ4v) is 3.31. The lowest BCUT2D eigenvalue weighted by Gasteiger charge is -2.15. The van der Waals surface area contributed by atoms with Crippen LogP contribution in [0.15, 0.2) is 51.9 Å². The molecule has 0 spiro atoms. The molecule has 1 atom stereocenters. The van der Waals surface area contributed by atoms with E-state index in [1.807, 2.05) is 54.6 Å². The molecule has 5 heteroatoms. The van der Waals surface area contributed by atoms with Crippen LogP contribution in [-0.2, 0) is 16.1 Å². The zero-order valence-corrected chi connectivity index (χ0v) is 17.8. The summed E-state index contributed by atoms with van der Waals surface area (Å²) in [4.78, 5) is 12.3. The van der Waals surface area contributed by atoms with Crippen molar-refractivity contribution in [2.45, 2.75) is 26.9 Å². The molecule has 1 aliphatic carbocycles. The molecule has 3 rings (SSSR count). The van der Waals surface area contributed by atoms with Gasteiger partial charge in [-0.1, -0.05) is 44.2 Å². The molecule has 0 saturated heterocycles. The topological polar surface area (TPSA) is 35.5 Å². The monoisotopic (exact) mass is 478 g/mol. The Morgan fingerprint density at radius 1 is 1.15 bits per heavy atom. The predicted molar refractivity (Wildman–Crippen MR) is 110 cm³/mol. The highest BCUT2D eigenvalue weighted by Crippen LogP contribution is 2.52. The van der Waals surface area contributed by atoms with E-state index in [9.17, 15) is 4.79 Å². The molecule has 1 fully saturated rings. The van der Waals surface area contributed by atoms with Gasteiger partial charge >= 0.3 is 5.97 Å². The van der Waals surface area contributed by atoms with Gasteiger partial charge in [-0.3, -0.25) is 4.79 Å². The van der Waals surface area contributed by atoms with Gasteiger partial charge in [0, 0.05) is 5.56 Å². The molecule has 2 aromatic rings. The first-order valence-corrected chi connectivity index (χ1v) is 9.99. The zero-order chi connectivity index (χ0) is 18.7. The van der Waals surface area contributed by atoms with E-state index < -0.39 is 0 Å². The quantitative estimate of drug-likeness (QED) is 0.434. The summed E-state index contributed by atoms with van der Waals surface area (Å²) >= 11 is 6.79. The van der Waals surface area contributed by atoms with Gasteiger partial charge < -0.3 is 9.47 Å². The van der Waals surface area contributed by atoms with Crippen molar-refractivity contribution in [3.05, 3.63) is 63.0 Å². The minimum Gasteiger partial charge on any atom is -0.460 e. The van der Waals surface area contributed by atoms with Gasteiger partial charge in [-0.15, -0.1) is 0 Å². The maximum atomic E-state index is 12.3. The van der Waals surface area contributed by atoms with Gasteiger partial charge in [0.2, 0.25) is 0 Å². The molecule has 0 amide bonds. The average molecular weight is 480 g/mol. The normalized spacial score (nSPS) is 17.3. The second-order valence-corrected chi connectivity index (χ2v) is 9.80. The largest absolute Gasteiger partial charge is 0.460 e. The lowest BCUT2D eigenvalue weighted by atomic mass is 10.1. The minimum absolute atomic E-state index is 0.00777. The fraction of sp³-hybridized carbons (Fsp3) is 0.286. The summed E-state index contributed by atoms with van der Waals surface area (Å²) in [7, 11) is 0. The number of hydrogen-bond donors (Lipinski definition) is 0. The number of halogens is 2. The van der Waals surface area contributed by atoms with Crippen molar-refractivity contribution in [1.82, 2.24) is 0 Å². The molecule has 0 radical (unpaired) electrons. The van der Waals surface area contributed by atoms with Gasteiger partial charge in [0.15, 0.2) is 0 Å². The molecule has 0 N–H and O–H groups in total. The first-order chi connectivity index (χ1) is 12.4. The highest BCUT2D eigenvalue weighted by molar-refractivity contribution is 9.28. The summed E-state index contributed by atoms with van der Waals surface area (Å²) in [6.45, 7) is 4.34. The fourth-order valence-electron chi connectivity index (χ4n) is 2.81. The Balaban J connectivity index is 1.84. The number of para-hydroxylation sites is 1. The van der Waals surface area contributed by atoms with E-state index in [1.165, 1.54) is 0 Å². The van der Waals surface area contributed by atoms with Gasteiger partial charge in [0.25, 0.3) is 0 Å². The molecule has 0 aliphatic heterocycles. The maximum Gasteiger partial charge on any atom is 0.309 e. The van der Waals surface area contributed by atoms with Gasteiger partial charge in [0.1, 0.15) is 18.1 Å². The number of hydrogen-bond acceptors (Lipinski definition) is 3. The summed E-state index contributed by atoms with van der Waals surface area (Å²) in [6.07, 6.45) is 2.80. The Hall–Kier alpha value is -1.59. The van der Waals surface area contributed by atoms with Crippen LogP contribution >= 0.6 is 31.9 Å². The van der Waals surface area contributed by atoms with Gasteiger partial charge in [-0.05, 0) is 73.5 Å². The van der Waals surface area contributed by atoms with Gasteiger partial charge in [-0.25, -0.2) is 0 Å². The Bertz CT molecular complexity index is 824. The molecule has 26 heavy (non-hydrogen) atoms. The standard InChI is InChI=1S/C21H20Br2O3/c1-21(2)12-17(21)20(24)25-13-16-14(11-19(22)23)7-6-10-18(16)26-15-8-4-3-5-9-15/h3-11,17H,12-13H2,1-2H3. The Labute approximate surface area is 170 Å². The first-order valence-electron chi connectivity index (χ1n) is 8.41. The van der Waals surface area contributed by atoms with Crippen LogP contribution in [0.2, 0.25) is 0 Å². The van der Waals surface area contributed by atoms with Crippen molar-refractivity contribution in [2.24, 2.45) is 11.3 Å². The Kier molecular flexibility index (Phi) is 5.88. The van der Waals surface area contributed by atoms with Crippen molar-refractivity contribution in [1.29, 1.82) is 0 Å². The van der Waals surface area contributed by atoms with E-state index in [0.29, 0.717) is 5.75 Å². The number of benzene rings is 2. The summed E-state index contributed by atoms with van der Waals surface area (Å²) in [5.41, 5.74) is 1.81. The maximum absolute atomic E-state index is 12.3. The highest BCUT2D eigenvalue weighted by Gasteiger charge is 2.51. The van der Waals surface area contributed by atoms with Crippen LogP contribution in [0.25, 0.3) is 6.08 Å². The van der Waals surface area contributed by atoms with Crippen LogP contribution in [0.1, 0.15) is 31.4 Å². The number of rotatable bonds is 6. The molecule has 0 aromatic heterocycles. The third-order valence-electron chi connectivity index (χ3n) is 4.56. The van der Waals surface area contributed by atoms with E-state index in [1.54, 1.807) is 0 Å². The third kappa shape index (κ3) is 4.77. The second-order valence-electron chi connectivity index (χ2n) is 7.03. The Morgan fingerprint density at radius 3 is 2.46 bits per heavy atom. The van der Waals surface area contributed by atoms with Crippen molar-refractivity contribution in [3.63, 3.8) is 0 Å². The second kappa shape index (κ2) is 7.97. The summed E-state index contributed by atoms with van der Waals surface area (Å²) in [5.74, 6) is 1.26. The van der Waals surface area contributed by atoms with Crippen LogP contribution in [0, 0.1) is 11.3 Å². The van der Waals surface area contributed by atoms with Gasteiger partial charge in [0.05, 0.1) is 9.31 Å². The predicted octanol–water partition coefficient (Wildman–Crippen LogP) is 6.66. The number of ether oxygens (including phenoxy) is 2. The van der Waals surface area contributed by atoms with Crippen LogP contribution < -0.4 is 4.74 Å². The third-order valence-corrected chi connectivity index (χ3v) is 5.02. The smallest absolute Gasteiger partial charge is 0.309 e. The van der Waals surface area contributed by atoms with Crippen molar-refractivity contribution in [2.75, 3.05) is 0 Å². The summed E-state index contributed by atoms with van der Waals surface area (Å²) in [5, 5.41) is 0. The van der Waals surface area contributed by atoms with Crippen LogP contribution in [-0.4, -0.2) is 5.97 Å². The molecule has 136 valence electrons. The molecule has 0 bridgehead atoms. The van der Waals surface area contributed by atoms with E-state index in [-0.39, 0.29) is 23.9 Å². The van der Waals surface area contributed by atoms with Gasteiger partial charge in [-0.2, -0.15) is 0 Å². The number of carbonyl (C=O) groups excluding carboxylic acids is 1. The van der Waals surface area contributed by atoms with E-state index in [4.69, 9.17) is 9.47 Å². The van der Waals surface area contributed by atoms with Crippen LogP contribution in [0.4, 0.5) is 0 Å². The molecule has 0 heterocycles. The average Bonchev–Trinajstić information content (AvgIpc) is 3.23. The summed E-state index contributed by atoms with van der Waals surface area (Å²) in [6, 6.07) is 15.3. The Morgan fingerprint density at radius 2 is 1.85 bits per heavy atom. The van der Waals surface area contributed by atoms with Crippen molar-refractivity contribution in [3.8, 4) is 11.5 Å². The van der Waals surface area contributed by atoms with E-state index in [2.05, 4.69) is 45.7 Å². The lowest BCUT2D eigenvalue weighted by molar-refractivity contribution is -0.147. The van der Waals surface area contributed by atoms with Crippen LogP contribution in [0.5, 0.6) is 11.5 Å². The summed E-state index contributed by atoms with van der Waals surface area (Å²) < 4.78 is 12.4. The SMILES string of the molecule is CC1(C)CC1C(=O)OCc1c(C=C(Br)Br)cccc1Oc1ccccc1. The number of carbonyl (C=O) groups is 1. The first kappa shape index (κ1) is 19.2. The zero-order valence-electron chi connectivity index (χ0n) is 14.7. The molecular formula is C21H20Br2O3. The molecule has 3 nitrogen and oxygen atoms in total. The van der Waals surface area contributed by atoms with E-state index >= 15 is 0 Å². The molecule has 1 aliphatic rings. The molecule has 2 aromatic carbocycles. The van der Waals surface area contributed by atoms with Crippen molar-refractivity contribution >= 4 is 43.9 Å².